The van der Waals surface area contributed by atoms with E-state index in [1.807, 2.05) is 25.2 Å². The molecule has 0 saturated heterocycles. The number of benzene rings is 2. The SMILES string of the molecule is CN(Cc1ccccc1)Cc1cc(F)cc(C(=N)N)c1. The van der Waals surface area contributed by atoms with E-state index in [9.17, 15) is 4.39 Å². The van der Waals surface area contributed by atoms with Crippen LogP contribution in [0.5, 0.6) is 0 Å². The van der Waals surface area contributed by atoms with Gasteiger partial charge < -0.3 is 5.73 Å². The quantitative estimate of drug-likeness (QED) is 0.649. The molecule has 0 radical (unpaired) electrons. The molecule has 20 heavy (non-hydrogen) atoms. The number of nitrogens with zero attached hydrogens (tertiary/aromatic N) is 1. The molecule has 0 aromatic heterocycles. The van der Waals surface area contributed by atoms with Gasteiger partial charge in [0.15, 0.2) is 0 Å². The second kappa shape index (κ2) is 6.30. The fourth-order valence-corrected chi connectivity index (χ4v) is 2.16. The number of hydrogen-bond acceptors (Lipinski definition) is 2. The minimum absolute atomic E-state index is 0.114. The van der Waals surface area contributed by atoms with Crippen molar-refractivity contribution in [3.63, 3.8) is 0 Å². The number of nitrogens with two attached hydrogens (primary N) is 1. The molecule has 0 amide bonds. The third-order valence-electron chi connectivity index (χ3n) is 3.02. The lowest BCUT2D eigenvalue weighted by atomic mass is 10.1. The van der Waals surface area contributed by atoms with E-state index in [1.54, 1.807) is 6.07 Å². The van der Waals surface area contributed by atoms with E-state index < -0.39 is 0 Å². The molecule has 3 nitrogen and oxygen atoms in total. The predicted octanol–water partition coefficient (Wildman–Crippen LogP) is 2.74. The highest BCUT2D eigenvalue weighted by Crippen LogP contribution is 2.12. The molecule has 0 heterocycles. The molecule has 0 unspecified atom stereocenters. The van der Waals surface area contributed by atoms with E-state index >= 15 is 0 Å². The lowest BCUT2D eigenvalue weighted by Crippen LogP contribution is -2.18. The number of rotatable bonds is 5. The van der Waals surface area contributed by atoms with Gasteiger partial charge in [0.2, 0.25) is 0 Å². The van der Waals surface area contributed by atoms with Crippen LogP contribution in [0.15, 0.2) is 48.5 Å². The summed E-state index contributed by atoms with van der Waals surface area (Å²) in [5.74, 6) is -0.475. The summed E-state index contributed by atoms with van der Waals surface area (Å²) in [6.45, 7) is 1.39. The maximum atomic E-state index is 13.5. The van der Waals surface area contributed by atoms with E-state index in [4.69, 9.17) is 11.1 Å². The van der Waals surface area contributed by atoms with E-state index in [-0.39, 0.29) is 11.7 Å². The Hall–Kier alpha value is -2.20. The fourth-order valence-electron chi connectivity index (χ4n) is 2.16. The van der Waals surface area contributed by atoms with Crippen LogP contribution in [0.4, 0.5) is 4.39 Å². The molecule has 0 aliphatic heterocycles. The monoisotopic (exact) mass is 271 g/mol. The Morgan fingerprint density at radius 1 is 1.10 bits per heavy atom. The molecular weight excluding hydrogens is 253 g/mol. The van der Waals surface area contributed by atoms with Gasteiger partial charge in [0.05, 0.1) is 0 Å². The molecule has 4 heteroatoms. The average Bonchev–Trinajstić information content (AvgIpc) is 2.38. The summed E-state index contributed by atoms with van der Waals surface area (Å²) in [5.41, 5.74) is 7.85. The van der Waals surface area contributed by atoms with Crippen LogP contribution >= 0.6 is 0 Å². The van der Waals surface area contributed by atoms with Gasteiger partial charge in [0, 0.05) is 18.7 Å². The molecule has 104 valence electrons. The minimum Gasteiger partial charge on any atom is -0.384 e. The molecule has 0 aliphatic carbocycles. The molecular formula is C16H18FN3. The van der Waals surface area contributed by atoms with Crippen LogP contribution in [0.3, 0.4) is 0 Å². The summed E-state index contributed by atoms with van der Waals surface area (Å²) in [6, 6.07) is 14.6. The first-order chi connectivity index (χ1) is 9.54. The van der Waals surface area contributed by atoms with Crippen molar-refractivity contribution in [2.45, 2.75) is 13.1 Å². The van der Waals surface area contributed by atoms with Crippen LogP contribution in [0, 0.1) is 11.2 Å². The molecule has 0 spiro atoms. The second-order valence-electron chi connectivity index (χ2n) is 4.92. The highest BCUT2D eigenvalue weighted by molar-refractivity contribution is 5.95. The number of nitrogen functional groups attached to an aromatic ring is 1. The molecule has 0 fully saturated rings. The van der Waals surface area contributed by atoms with Crippen LogP contribution in [0.1, 0.15) is 16.7 Å². The maximum Gasteiger partial charge on any atom is 0.124 e. The third-order valence-corrected chi connectivity index (χ3v) is 3.02. The topological polar surface area (TPSA) is 53.1 Å². The van der Waals surface area contributed by atoms with E-state index in [0.29, 0.717) is 12.1 Å². The fraction of sp³-hybridized carbons (Fsp3) is 0.188. The highest BCUT2D eigenvalue weighted by atomic mass is 19.1. The second-order valence-corrected chi connectivity index (χ2v) is 4.92. The third kappa shape index (κ3) is 3.90. The molecule has 0 aliphatic rings. The van der Waals surface area contributed by atoms with Crippen molar-refractivity contribution in [2.75, 3.05) is 7.05 Å². The molecule has 0 saturated carbocycles. The van der Waals surface area contributed by atoms with Gasteiger partial charge in [-0.05, 0) is 36.4 Å². The van der Waals surface area contributed by atoms with Crippen LogP contribution in [0.2, 0.25) is 0 Å². The van der Waals surface area contributed by atoms with Crippen LogP contribution < -0.4 is 5.73 Å². The van der Waals surface area contributed by atoms with Gasteiger partial charge >= 0.3 is 0 Å². The summed E-state index contributed by atoms with van der Waals surface area (Å²) >= 11 is 0. The first-order valence-corrected chi connectivity index (χ1v) is 6.41. The Balaban J connectivity index is 2.07. The van der Waals surface area contributed by atoms with Crippen molar-refractivity contribution < 1.29 is 4.39 Å². The van der Waals surface area contributed by atoms with Crippen molar-refractivity contribution in [1.29, 1.82) is 5.41 Å². The minimum atomic E-state index is -0.360. The molecule has 3 N–H and O–H groups in total. The van der Waals surface area contributed by atoms with Gasteiger partial charge in [-0.1, -0.05) is 30.3 Å². The predicted molar refractivity (Wildman–Crippen MR) is 79.0 cm³/mol. The Kier molecular flexibility index (Phi) is 4.48. The Labute approximate surface area is 118 Å². The molecule has 0 atom stereocenters. The van der Waals surface area contributed by atoms with Crippen molar-refractivity contribution in [3.05, 3.63) is 71.0 Å². The van der Waals surface area contributed by atoms with Gasteiger partial charge in [0.25, 0.3) is 0 Å². The van der Waals surface area contributed by atoms with Crippen molar-refractivity contribution >= 4 is 5.84 Å². The zero-order valence-electron chi connectivity index (χ0n) is 11.4. The first kappa shape index (κ1) is 14.2. The Morgan fingerprint density at radius 2 is 1.75 bits per heavy atom. The summed E-state index contributed by atoms with van der Waals surface area (Å²) < 4.78 is 13.5. The van der Waals surface area contributed by atoms with Crippen molar-refractivity contribution in [1.82, 2.24) is 4.90 Å². The van der Waals surface area contributed by atoms with Crippen molar-refractivity contribution in [2.24, 2.45) is 5.73 Å². The Morgan fingerprint density at radius 3 is 2.40 bits per heavy atom. The Bertz CT molecular complexity index is 596. The average molecular weight is 271 g/mol. The van der Waals surface area contributed by atoms with E-state index in [2.05, 4.69) is 17.0 Å². The zero-order valence-corrected chi connectivity index (χ0v) is 11.4. The van der Waals surface area contributed by atoms with E-state index in [1.165, 1.54) is 17.7 Å². The van der Waals surface area contributed by atoms with Gasteiger partial charge in [0.1, 0.15) is 11.7 Å². The number of halogens is 1. The smallest absolute Gasteiger partial charge is 0.124 e. The largest absolute Gasteiger partial charge is 0.384 e. The maximum absolute atomic E-state index is 13.5. The zero-order chi connectivity index (χ0) is 14.5. The van der Waals surface area contributed by atoms with Gasteiger partial charge in [-0.3, -0.25) is 10.3 Å². The number of nitrogens with one attached hydrogen (secondary N) is 1. The van der Waals surface area contributed by atoms with Gasteiger partial charge in [-0.2, -0.15) is 0 Å². The molecule has 0 bridgehead atoms. The first-order valence-electron chi connectivity index (χ1n) is 6.41. The highest BCUT2D eigenvalue weighted by Gasteiger charge is 2.06. The number of hydrogen-bond donors (Lipinski definition) is 2. The molecule has 2 aromatic rings. The van der Waals surface area contributed by atoms with Crippen LogP contribution in [-0.2, 0) is 13.1 Å². The lowest BCUT2D eigenvalue weighted by molar-refractivity contribution is 0.318. The lowest BCUT2D eigenvalue weighted by Gasteiger charge is -2.17. The molecule has 2 rings (SSSR count). The summed E-state index contributed by atoms with van der Waals surface area (Å²) in [7, 11) is 1.98. The number of amidine groups is 1. The van der Waals surface area contributed by atoms with Gasteiger partial charge in [-0.15, -0.1) is 0 Å². The van der Waals surface area contributed by atoms with Crippen LogP contribution in [-0.4, -0.2) is 17.8 Å². The van der Waals surface area contributed by atoms with Crippen molar-refractivity contribution in [3.8, 4) is 0 Å². The van der Waals surface area contributed by atoms with Gasteiger partial charge in [-0.25, -0.2) is 4.39 Å². The molecule has 2 aromatic carbocycles. The van der Waals surface area contributed by atoms with Crippen LogP contribution in [0.25, 0.3) is 0 Å². The normalized spacial score (nSPS) is 10.8. The standard InChI is InChI=1S/C16H18FN3/c1-20(10-12-5-3-2-4-6-12)11-13-7-14(16(18)19)9-15(17)8-13/h2-9H,10-11H2,1H3,(H3,18,19). The summed E-state index contributed by atoms with van der Waals surface area (Å²) in [5, 5.41) is 7.39. The summed E-state index contributed by atoms with van der Waals surface area (Å²) in [4.78, 5) is 2.09. The summed E-state index contributed by atoms with van der Waals surface area (Å²) in [6.07, 6.45) is 0. The van der Waals surface area contributed by atoms with E-state index in [0.717, 1.165) is 12.1 Å².